The SMILES string of the molecule is COCCN(CCOC)C1=CC(=O)C(=C2C(=O)C(c3c(O)cc(N(CCCO)CCCO)c4ccccc34)=C2O)c2ccccc21. The Kier molecular flexibility index (Phi) is 10.5. The Morgan fingerprint density at radius 1 is 0.696 bits per heavy atom. The number of aromatic hydroxyl groups is 1. The number of phenols is 1. The molecule has 0 saturated heterocycles. The zero-order valence-corrected chi connectivity index (χ0v) is 26.2. The van der Waals surface area contributed by atoms with E-state index in [2.05, 4.69) is 0 Å². The third kappa shape index (κ3) is 6.17. The van der Waals surface area contributed by atoms with E-state index in [-0.39, 0.29) is 47.0 Å². The maximum atomic E-state index is 14.0. The van der Waals surface area contributed by atoms with Crippen LogP contribution in [0, 0.1) is 0 Å². The fourth-order valence-electron chi connectivity index (χ4n) is 6.22. The van der Waals surface area contributed by atoms with Crippen LogP contribution in [0.15, 0.2) is 72.0 Å². The molecule has 10 nitrogen and oxygen atoms in total. The van der Waals surface area contributed by atoms with Gasteiger partial charge in [0.05, 0.1) is 24.4 Å². The third-order valence-electron chi connectivity index (χ3n) is 8.40. The van der Waals surface area contributed by atoms with Gasteiger partial charge in [0.1, 0.15) is 11.5 Å². The number of benzene rings is 3. The van der Waals surface area contributed by atoms with Gasteiger partial charge in [-0.15, -0.1) is 0 Å². The topological polar surface area (TPSA) is 140 Å². The Hall–Kier alpha value is -4.48. The van der Waals surface area contributed by atoms with Crippen molar-refractivity contribution in [3.63, 3.8) is 0 Å². The standard InChI is InChI=1S/C36H40N2O8/c1-45-19-15-38(16-20-46-2)28-22-30(42)32(26-12-6-4-10-24(26)28)34-35(43)33(36(34)44)31-25-11-5-3-9-23(25)27(21-29(31)41)37(13-7-17-39)14-8-18-40/h3-6,9-12,21-22,39-41,43H,7-8,13-20H2,1-2H3. The van der Waals surface area contributed by atoms with Crippen LogP contribution in [0.3, 0.4) is 0 Å². The highest BCUT2D eigenvalue weighted by Crippen LogP contribution is 2.49. The molecule has 242 valence electrons. The van der Waals surface area contributed by atoms with E-state index in [1.807, 2.05) is 34.1 Å². The first-order chi connectivity index (χ1) is 22.4. The molecule has 3 aromatic rings. The lowest BCUT2D eigenvalue weighted by atomic mass is 9.75. The number of Topliss-reactive ketones (excluding diaryl/α,β-unsaturated/α-hetero) is 1. The largest absolute Gasteiger partial charge is 0.507 e. The predicted molar refractivity (Wildman–Crippen MR) is 177 cm³/mol. The van der Waals surface area contributed by atoms with Gasteiger partial charge in [-0.05, 0) is 23.8 Å². The van der Waals surface area contributed by atoms with E-state index in [1.165, 1.54) is 6.08 Å². The maximum absolute atomic E-state index is 14.0. The van der Waals surface area contributed by atoms with Crippen molar-refractivity contribution >= 4 is 44.9 Å². The van der Waals surface area contributed by atoms with Crippen molar-refractivity contribution in [2.24, 2.45) is 0 Å². The van der Waals surface area contributed by atoms with E-state index in [1.54, 1.807) is 44.6 Å². The normalized spacial score (nSPS) is 16.0. The van der Waals surface area contributed by atoms with Crippen LogP contribution >= 0.6 is 0 Å². The number of ketones is 2. The quantitative estimate of drug-likeness (QED) is 0.183. The minimum Gasteiger partial charge on any atom is -0.507 e. The number of methoxy groups -OCH3 is 2. The number of allylic oxidation sites excluding steroid dienone is 4. The predicted octanol–water partition coefficient (Wildman–Crippen LogP) is 3.94. The minimum atomic E-state index is -0.534. The van der Waals surface area contributed by atoms with Crippen LogP contribution in [0.2, 0.25) is 0 Å². The molecule has 3 aromatic carbocycles. The molecule has 0 amide bonds. The first kappa shape index (κ1) is 32.9. The van der Waals surface area contributed by atoms with Crippen LogP contribution in [0.1, 0.15) is 29.5 Å². The highest BCUT2D eigenvalue weighted by atomic mass is 16.5. The van der Waals surface area contributed by atoms with E-state index >= 15 is 0 Å². The van der Waals surface area contributed by atoms with Gasteiger partial charge in [0.15, 0.2) is 5.78 Å². The van der Waals surface area contributed by atoms with Crippen LogP contribution < -0.4 is 4.90 Å². The van der Waals surface area contributed by atoms with E-state index in [0.717, 1.165) is 10.9 Å². The molecule has 0 heterocycles. The number of aliphatic hydroxyl groups excluding tert-OH is 3. The fraction of sp³-hybridized carbons (Fsp3) is 0.333. The number of fused-ring (bicyclic) bond motifs is 2. The van der Waals surface area contributed by atoms with Crippen LogP contribution in [0.4, 0.5) is 5.69 Å². The first-order valence-corrected chi connectivity index (χ1v) is 15.4. The highest BCUT2D eigenvalue weighted by Gasteiger charge is 2.42. The summed E-state index contributed by atoms with van der Waals surface area (Å²) < 4.78 is 10.6. The van der Waals surface area contributed by atoms with Crippen molar-refractivity contribution in [1.29, 1.82) is 0 Å². The van der Waals surface area contributed by atoms with Gasteiger partial charge in [0, 0.05) is 99.2 Å². The second-order valence-electron chi connectivity index (χ2n) is 11.2. The number of phenolic OH excluding ortho intramolecular Hbond substituents is 1. The minimum absolute atomic E-state index is 0.0127. The van der Waals surface area contributed by atoms with Crippen molar-refractivity contribution in [2.75, 3.05) is 71.7 Å². The molecule has 10 heteroatoms. The summed E-state index contributed by atoms with van der Waals surface area (Å²) >= 11 is 0. The molecular formula is C36H40N2O8. The number of hydrogen-bond donors (Lipinski definition) is 4. The molecule has 46 heavy (non-hydrogen) atoms. The van der Waals surface area contributed by atoms with Crippen LogP contribution in [0.5, 0.6) is 5.75 Å². The molecule has 0 unspecified atom stereocenters. The molecule has 0 aromatic heterocycles. The number of hydrogen-bond acceptors (Lipinski definition) is 10. The van der Waals surface area contributed by atoms with Gasteiger partial charge in [-0.2, -0.15) is 0 Å². The van der Waals surface area contributed by atoms with Crippen molar-refractivity contribution in [3.05, 3.63) is 88.7 Å². The molecule has 2 aliphatic rings. The van der Waals surface area contributed by atoms with Gasteiger partial charge < -0.3 is 39.7 Å². The summed E-state index contributed by atoms with van der Waals surface area (Å²) in [6.45, 7) is 2.88. The molecule has 0 aliphatic heterocycles. The van der Waals surface area contributed by atoms with Crippen LogP contribution in [-0.2, 0) is 19.1 Å². The zero-order valence-electron chi connectivity index (χ0n) is 26.2. The molecule has 0 saturated carbocycles. The Balaban J connectivity index is 1.62. The molecular weight excluding hydrogens is 588 g/mol. The lowest BCUT2D eigenvalue weighted by Crippen LogP contribution is -2.32. The molecule has 0 bridgehead atoms. The Morgan fingerprint density at radius 3 is 1.87 bits per heavy atom. The summed E-state index contributed by atoms with van der Waals surface area (Å²) in [6.07, 6.45) is 2.47. The lowest BCUT2D eigenvalue weighted by Gasteiger charge is -2.33. The van der Waals surface area contributed by atoms with Crippen molar-refractivity contribution in [2.45, 2.75) is 12.8 Å². The van der Waals surface area contributed by atoms with Crippen molar-refractivity contribution < 1.29 is 39.5 Å². The average molecular weight is 629 g/mol. The maximum Gasteiger partial charge on any atom is 0.202 e. The Morgan fingerprint density at radius 2 is 1.28 bits per heavy atom. The Labute approximate surface area is 268 Å². The van der Waals surface area contributed by atoms with Gasteiger partial charge in [0.25, 0.3) is 0 Å². The summed E-state index contributed by atoms with van der Waals surface area (Å²) in [7, 11) is 3.22. The van der Waals surface area contributed by atoms with Crippen LogP contribution in [-0.4, -0.2) is 104 Å². The number of ether oxygens (including phenoxy) is 2. The van der Waals surface area contributed by atoms with E-state index in [9.17, 15) is 30.0 Å². The fourth-order valence-corrected chi connectivity index (χ4v) is 6.22. The summed E-state index contributed by atoms with van der Waals surface area (Å²) in [6, 6.07) is 16.1. The summed E-state index contributed by atoms with van der Waals surface area (Å²) in [5, 5.41) is 43.1. The Bertz CT molecular complexity index is 1710. The smallest absolute Gasteiger partial charge is 0.202 e. The summed E-state index contributed by atoms with van der Waals surface area (Å²) in [5.41, 5.74) is 2.81. The molecule has 0 atom stereocenters. The number of anilines is 1. The van der Waals surface area contributed by atoms with Crippen molar-refractivity contribution in [3.8, 4) is 5.75 Å². The van der Waals surface area contributed by atoms with E-state index in [0.29, 0.717) is 74.6 Å². The summed E-state index contributed by atoms with van der Waals surface area (Å²) in [5.74, 6) is -1.49. The summed E-state index contributed by atoms with van der Waals surface area (Å²) in [4.78, 5) is 31.7. The molecule has 2 aliphatic carbocycles. The zero-order chi connectivity index (χ0) is 32.8. The molecule has 4 N–H and O–H groups in total. The van der Waals surface area contributed by atoms with Gasteiger partial charge in [-0.1, -0.05) is 48.5 Å². The van der Waals surface area contributed by atoms with Crippen LogP contribution in [0.25, 0.3) is 27.6 Å². The van der Waals surface area contributed by atoms with Crippen molar-refractivity contribution in [1.82, 2.24) is 4.90 Å². The number of rotatable bonds is 15. The van der Waals surface area contributed by atoms with Gasteiger partial charge in [0.2, 0.25) is 5.78 Å². The number of carbonyl (C=O) groups excluding carboxylic acids is 2. The molecule has 0 radical (unpaired) electrons. The molecule has 0 fully saturated rings. The third-order valence-corrected chi connectivity index (χ3v) is 8.40. The first-order valence-electron chi connectivity index (χ1n) is 15.4. The highest BCUT2D eigenvalue weighted by molar-refractivity contribution is 6.48. The second-order valence-corrected chi connectivity index (χ2v) is 11.2. The number of nitrogens with zero attached hydrogens (tertiary/aromatic N) is 2. The molecule has 0 spiro atoms. The van der Waals surface area contributed by atoms with Gasteiger partial charge >= 0.3 is 0 Å². The number of carbonyl (C=O) groups is 2. The lowest BCUT2D eigenvalue weighted by molar-refractivity contribution is -0.113. The van der Waals surface area contributed by atoms with Gasteiger partial charge in [-0.3, -0.25) is 9.59 Å². The van der Waals surface area contributed by atoms with E-state index in [4.69, 9.17) is 9.47 Å². The molecule has 5 rings (SSSR count). The second kappa shape index (κ2) is 14.7. The van der Waals surface area contributed by atoms with Gasteiger partial charge in [-0.25, -0.2) is 0 Å². The average Bonchev–Trinajstić information content (AvgIpc) is 3.07. The monoisotopic (exact) mass is 628 g/mol. The number of aliphatic hydroxyl groups is 3. The van der Waals surface area contributed by atoms with E-state index < -0.39 is 11.6 Å².